The molecule has 0 radical (unpaired) electrons. The van der Waals surface area contributed by atoms with Crippen LogP contribution < -0.4 is 5.32 Å². The van der Waals surface area contributed by atoms with Gasteiger partial charge in [-0.05, 0) is 54.1 Å². The topological polar surface area (TPSA) is 38.3 Å². The molecule has 3 nitrogen and oxygen atoms in total. The van der Waals surface area contributed by atoms with Gasteiger partial charge in [-0.2, -0.15) is 0 Å². The molecule has 1 aromatic rings. The van der Waals surface area contributed by atoms with Crippen molar-refractivity contribution in [3.05, 3.63) is 40.5 Å². The van der Waals surface area contributed by atoms with Crippen LogP contribution in [0, 0.1) is 3.57 Å². The molecule has 0 spiro atoms. The van der Waals surface area contributed by atoms with E-state index < -0.39 is 6.10 Å². The highest BCUT2D eigenvalue weighted by Gasteiger charge is 2.12. The summed E-state index contributed by atoms with van der Waals surface area (Å²) in [5.74, 6) is -0.129. The van der Waals surface area contributed by atoms with Crippen LogP contribution in [0.5, 0.6) is 0 Å². The maximum atomic E-state index is 11.8. The van der Waals surface area contributed by atoms with Crippen molar-refractivity contribution in [3.63, 3.8) is 0 Å². The highest BCUT2D eigenvalue weighted by molar-refractivity contribution is 14.1. The molecule has 0 fully saturated rings. The maximum absolute atomic E-state index is 11.8. The molecule has 1 aromatic carbocycles. The fraction of sp³-hybridized carbons (Fsp3) is 0.308. The first kappa shape index (κ1) is 14.2. The van der Waals surface area contributed by atoms with Gasteiger partial charge in [0.2, 0.25) is 0 Å². The Morgan fingerprint density at radius 1 is 1.65 bits per heavy atom. The average molecular weight is 345 g/mol. The highest BCUT2D eigenvalue weighted by atomic mass is 127. The molecule has 92 valence electrons. The van der Waals surface area contributed by atoms with Crippen LogP contribution in [0.3, 0.4) is 0 Å². The van der Waals surface area contributed by atoms with Gasteiger partial charge in [0.05, 0.1) is 6.61 Å². The third-order valence-electron chi connectivity index (χ3n) is 2.15. The van der Waals surface area contributed by atoms with E-state index in [4.69, 9.17) is 4.74 Å². The predicted octanol–water partition coefficient (Wildman–Crippen LogP) is 3.21. The number of benzene rings is 1. The molecule has 1 amide bonds. The Bertz CT molecular complexity index is 393. The van der Waals surface area contributed by atoms with Crippen LogP contribution in [-0.4, -0.2) is 18.6 Å². The molecule has 0 unspecified atom stereocenters. The summed E-state index contributed by atoms with van der Waals surface area (Å²) >= 11 is 2.20. The largest absolute Gasteiger partial charge is 0.368 e. The van der Waals surface area contributed by atoms with Crippen molar-refractivity contribution in [2.45, 2.75) is 19.4 Å². The second-order valence-corrected chi connectivity index (χ2v) is 4.84. The summed E-state index contributed by atoms with van der Waals surface area (Å²) in [6.07, 6.45) is 2.07. The number of anilines is 1. The summed E-state index contributed by atoms with van der Waals surface area (Å²) in [7, 11) is 0. The van der Waals surface area contributed by atoms with Crippen LogP contribution >= 0.6 is 22.6 Å². The minimum Gasteiger partial charge on any atom is -0.368 e. The van der Waals surface area contributed by atoms with Crippen LogP contribution in [0.15, 0.2) is 36.9 Å². The first-order chi connectivity index (χ1) is 8.13. The van der Waals surface area contributed by atoms with Gasteiger partial charge in [0.25, 0.3) is 5.91 Å². The summed E-state index contributed by atoms with van der Waals surface area (Å²) in [6.45, 7) is 5.86. The molecular weight excluding hydrogens is 329 g/mol. The number of hydrogen-bond acceptors (Lipinski definition) is 2. The molecule has 4 heteroatoms. The third kappa shape index (κ3) is 5.32. The van der Waals surface area contributed by atoms with E-state index in [1.807, 2.05) is 24.3 Å². The number of ether oxygens (including phenoxy) is 1. The van der Waals surface area contributed by atoms with Gasteiger partial charge in [0.15, 0.2) is 0 Å². The lowest BCUT2D eigenvalue weighted by Crippen LogP contribution is -2.28. The average Bonchev–Trinajstić information content (AvgIpc) is 2.29. The Labute approximate surface area is 115 Å². The number of nitrogens with one attached hydrogen (secondary N) is 1. The molecule has 17 heavy (non-hydrogen) atoms. The second-order valence-electron chi connectivity index (χ2n) is 3.59. The zero-order valence-electron chi connectivity index (χ0n) is 9.78. The van der Waals surface area contributed by atoms with E-state index in [0.29, 0.717) is 6.61 Å². The number of halogens is 1. The Kier molecular flexibility index (Phi) is 6.21. The summed E-state index contributed by atoms with van der Waals surface area (Å²) in [5, 5.41) is 2.81. The molecule has 1 atom stereocenters. The predicted molar refractivity (Wildman–Crippen MR) is 78.0 cm³/mol. The van der Waals surface area contributed by atoms with E-state index in [0.717, 1.165) is 15.7 Å². The zero-order chi connectivity index (χ0) is 12.7. The summed E-state index contributed by atoms with van der Waals surface area (Å²) in [6, 6.07) is 7.65. The number of amides is 1. The van der Waals surface area contributed by atoms with Gasteiger partial charge >= 0.3 is 0 Å². The fourth-order valence-corrected chi connectivity index (χ4v) is 1.76. The van der Waals surface area contributed by atoms with Crippen molar-refractivity contribution >= 4 is 34.2 Å². The lowest BCUT2D eigenvalue weighted by atomic mass is 10.3. The number of hydrogen-bond donors (Lipinski definition) is 1. The highest BCUT2D eigenvalue weighted by Crippen LogP contribution is 2.12. The minimum absolute atomic E-state index is 0.129. The zero-order valence-corrected chi connectivity index (χ0v) is 11.9. The van der Waals surface area contributed by atoms with E-state index >= 15 is 0 Å². The molecular formula is C13H16INO2. The summed E-state index contributed by atoms with van der Waals surface area (Å²) in [4.78, 5) is 11.8. The first-order valence-corrected chi connectivity index (χ1v) is 6.50. The van der Waals surface area contributed by atoms with Gasteiger partial charge in [-0.3, -0.25) is 4.79 Å². The molecule has 0 aromatic heterocycles. The van der Waals surface area contributed by atoms with Crippen molar-refractivity contribution in [1.82, 2.24) is 0 Å². The Balaban J connectivity index is 2.45. The molecule has 0 heterocycles. The van der Waals surface area contributed by atoms with Crippen molar-refractivity contribution in [2.75, 3.05) is 11.9 Å². The van der Waals surface area contributed by atoms with Gasteiger partial charge in [0, 0.05) is 9.26 Å². The fourth-order valence-electron chi connectivity index (χ4n) is 1.21. The second kappa shape index (κ2) is 7.45. The number of carbonyl (C=O) groups is 1. The van der Waals surface area contributed by atoms with Crippen LogP contribution in [0.4, 0.5) is 5.69 Å². The van der Waals surface area contributed by atoms with Gasteiger partial charge in [-0.1, -0.05) is 12.1 Å². The minimum atomic E-state index is -0.451. The molecule has 0 saturated carbocycles. The molecule has 1 rings (SSSR count). The standard InChI is InChI=1S/C13H16INO2/c1-3-4-8-17-10(2)13(16)15-12-7-5-6-11(14)9-12/h3,5-7,9-10H,1,4,8H2,2H3,(H,15,16)/t10-/m1/s1. The number of carbonyl (C=O) groups excluding carboxylic acids is 1. The van der Waals surface area contributed by atoms with E-state index in [-0.39, 0.29) is 5.91 Å². The van der Waals surface area contributed by atoms with Gasteiger partial charge in [-0.15, -0.1) is 6.58 Å². The van der Waals surface area contributed by atoms with E-state index in [2.05, 4.69) is 34.5 Å². The van der Waals surface area contributed by atoms with Gasteiger partial charge in [0.1, 0.15) is 6.10 Å². The third-order valence-corrected chi connectivity index (χ3v) is 2.82. The monoisotopic (exact) mass is 345 g/mol. The molecule has 0 saturated heterocycles. The van der Waals surface area contributed by atoms with Crippen molar-refractivity contribution in [3.8, 4) is 0 Å². The molecule has 0 aliphatic carbocycles. The molecule has 0 bridgehead atoms. The number of rotatable bonds is 6. The first-order valence-electron chi connectivity index (χ1n) is 5.42. The van der Waals surface area contributed by atoms with Crippen molar-refractivity contribution < 1.29 is 9.53 Å². The van der Waals surface area contributed by atoms with Crippen molar-refractivity contribution in [1.29, 1.82) is 0 Å². The molecule has 0 aliphatic heterocycles. The Morgan fingerprint density at radius 3 is 3.06 bits per heavy atom. The molecule has 0 aliphatic rings. The summed E-state index contributed by atoms with van der Waals surface area (Å²) in [5.41, 5.74) is 0.793. The smallest absolute Gasteiger partial charge is 0.253 e. The van der Waals surface area contributed by atoms with Gasteiger partial charge < -0.3 is 10.1 Å². The maximum Gasteiger partial charge on any atom is 0.253 e. The van der Waals surface area contributed by atoms with Crippen LogP contribution in [0.1, 0.15) is 13.3 Å². The van der Waals surface area contributed by atoms with Crippen LogP contribution in [-0.2, 0) is 9.53 Å². The van der Waals surface area contributed by atoms with Crippen LogP contribution in [0.25, 0.3) is 0 Å². The normalized spacial score (nSPS) is 11.9. The summed E-state index contributed by atoms with van der Waals surface area (Å²) < 4.78 is 6.45. The van der Waals surface area contributed by atoms with Gasteiger partial charge in [-0.25, -0.2) is 0 Å². The Morgan fingerprint density at radius 2 is 2.41 bits per heavy atom. The Hall–Kier alpha value is -0.880. The lowest BCUT2D eigenvalue weighted by Gasteiger charge is -2.12. The molecule has 1 N–H and O–H groups in total. The SMILES string of the molecule is C=CCCO[C@H](C)C(=O)Nc1cccc(I)c1. The van der Waals surface area contributed by atoms with E-state index in [1.54, 1.807) is 13.0 Å². The van der Waals surface area contributed by atoms with E-state index in [1.165, 1.54) is 0 Å². The van der Waals surface area contributed by atoms with Crippen molar-refractivity contribution in [2.24, 2.45) is 0 Å². The van der Waals surface area contributed by atoms with Crippen LogP contribution in [0.2, 0.25) is 0 Å². The quantitative estimate of drug-likeness (QED) is 0.489. The lowest BCUT2D eigenvalue weighted by molar-refractivity contribution is -0.126. The van der Waals surface area contributed by atoms with E-state index in [9.17, 15) is 4.79 Å².